The third-order valence-electron chi connectivity index (χ3n) is 4.27. The molecule has 2 aliphatic rings. The van der Waals surface area contributed by atoms with Gasteiger partial charge in [-0.25, -0.2) is 4.79 Å². The zero-order valence-corrected chi connectivity index (χ0v) is 12.5. The molecule has 0 atom stereocenters. The van der Waals surface area contributed by atoms with Gasteiger partial charge in [0.25, 0.3) is 0 Å². The van der Waals surface area contributed by atoms with E-state index in [1.807, 2.05) is 0 Å². The fourth-order valence-electron chi connectivity index (χ4n) is 3.14. The highest BCUT2D eigenvalue weighted by atomic mass is 16.5. The number of esters is 1. The van der Waals surface area contributed by atoms with Crippen LogP contribution in [0, 0.1) is 17.8 Å². The van der Waals surface area contributed by atoms with Gasteiger partial charge in [0.15, 0.2) is 0 Å². The first kappa shape index (κ1) is 15.4. The van der Waals surface area contributed by atoms with Crippen molar-refractivity contribution < 1.29 is 14.3 Å². The molecule has 0 heterocycles. The van der Waals surface area contributed by atoms with Gasteiger partial charge < -0.3 is 9.47 Å². The number of carbonyl (C=O) groups is 1. The van der Waals surface area contributed by atoms with Gasteiger partial charge in [-0.2, -0.15) is 0 Å². The molecule has 0 amide bonds. The van der Waals surface area contributed by atoms with Crippen LogP contribution in [-0.4, -0.2) is 24.8 Å². The maximum atomic E-state index is 11.2. The summed E-state index contributed by atoms with van der Waals surface area (Å²) in [6.07, 6.45) is 11.7. The summed E-state index contributed by atoms with van der Waals surface area (Å²) in [5.74, 6) is 5.59. The van der Waals surface area contributed by atoms with Crippen molar-refractivity contribution in [3.05, 3.63) is 0 Å². The number of hydrogen-bond donors (Lipinski definition) is 0. The number of rotatable bonds is 3. The Morgan fingerprint density at radius 3 is 2.30 bits per heavy atom. The number of carbonyl (C=O) groups excluding carboxylic acids is 1. The van der Waals surface area contributed by atoms with E-state index in [2.05, 4.69) is 11.8 Å². The Morgan fingerprint density at radius 1 is 1.00 bits per heavy atom. The van der Waals surface area contributed by atoms with Gasteiger partial charge in [0.05, 0.1) is 18.8 Å². The molecule has 0 aromatic carbocycles. The standard InChI is InChI=1S/C17H26O3/c1-2-19-17(18)13-10-14-8-11-16(12-9-14)20-15-6-4-3-5-7-15/h14-16H,2-9,11-12H2,1H3. The molecule has 3 nitrogen and oxygen atoms in total. The summed E-state index contributed by atoms with van der Waals surface area (Å²) in [6, 6.07) is 0. The summed E-state index contributed by atoms with van der Waals surface area (Å²) in [6.45, 7) is 2.20. The number of hydrogen-bond acceptors (Lipinski definition) is 3. The van der Waals surface area contributed by atoms with E-state index in [-0.39, 0.29) is 0 Å². The molecule has 112 valence electrons. The Labute approximate surface area is 122 Å². The van der Waals surface area contributed by atoms with Crippen molar-refractivity contribution in [3.8, 4) is 11.8 Å². The molecular weight excluding hydrogens is 252 g/mol. The molecule has 0 spiro atoms. The highest BCUT2D eigenvalue weighted by molar-refractivity contribution is 5.88. The second-order valence-electron chi connectivity index (χ2n) is 5.86. The molecule has 2 aliphatic carbocycles. The Balaban J connectivity index is 1.68. The summed E-state index contributed by atoms with van der Waals surface area (Å²) in [4.78, 5) is 11.2. The van der Waals surface area contributed by atoms with E-state index in [9.17, 15) is 4.79 Å². The Morgan fingerprint density at radius 2 is 1.65 bits per heavy atom. The van der Waals surface area contributed by atoms with E-state index in [1.54, 1.807) is 6.92 Å². The molecule has 0 N–H and O–H groups in total. The first-order valence-electron chi connectivity index (χ1n) is 8.11. The SMILES string of the molecule is CCOC(=O)C#CC1CCC(OC2CCCCC2)CC1. The Hall–Kier alpha value is -1.01. The zero-order chi connectivity index (χ0) is 14.2. The first-order chi connectivity index (χ1) is 9.78. The number of ether oxygens (including phenoxy) is 2. The summed E-state index contributed by atoms with van der Waals surface area (Å²) >= 11 is 0. The summed E-state index contributed by atoms with van der Waals surface area (Å²) in [5.41, 5.74) is 0. The minimum absolute atomic E-state index is 0.339. The summed E-state index contributed by atoms with van der Waals surface area (Å²) < 4.78 is 11.0. The van der Waals surface area contributed by atoms with Gasteiger partial charge in [-0.3, -0.25) is 0 Å². The second kappa shape index (κ2) is 8.32. The molecule has 0 aromatic rings. The van der Waals surface area contributed by atoms with Gasteiger partial charge in [-0.1, -0.05) is 25.2 Å². The average Bonchev–Trinajstić information content (AvgIpc) is 2.48. The predicted octanol–water partition coefficient (Wildman–Crippen LogP) is 3.46. The van der Waals surface area contributed by atoms with Crippen LogP contribution in [0.3, 0.4) is 0 Å². The van der Waals surface area contributed by atoms with E-state index < -0.39 is 5.97 Å². The van der Waals surface area contributed by atoms with Gasteiger partial charge in [-0.15, -0.1) is 0 Å². The van der Waals surface area contributed by atoms with Gasteiger partial charge in [-0.05, 0) is 45.4 Å². The van der Waals surface area contributed by atoms with E-state index in [1.165, 1.54) is 32.1 Å². The highest BCUT2D eigenvalue weighted by Crippen LogP contribution is 2.29. The van der Waals surface area contributed by atoms with Gasteiger partial charge >= 0.3 is 5.97 Å². The van der Waals surface area contributed by atoms with E-state index in [0.717, 1.165) is 25.7 Å². The van der Waals surface area contributed by atoms with Crippen LogP contribution in [0.5, 0.6) is 0 Å². The molecule has 0 saturated heterocycles. The Kier molecular flexibility index (Phi) is 6.39. The maximum Gasteiger partial charge on any atom is 0.384 e. The minimum Gasteiger partial charge on any atom is -0.456 e. The third-order valence-corrected chi connectivity index (χ3v) is 4.27. The normalized spacial score (nSPS) is 27.4. The molecule has 3 heteroatoms. The smallest absolute Gasteiger partial charge is 0.384 e. The Bertz CT molecular complexity index is 352. The van der Waals surface area contributed by atoms with E-state index in [4.69, 9.17) is 9.47 Å². The molecule has 2 fully saturated rings. The zero-order valence-electron chi connectivity index (χ0n) is 12.5. The topological polar surface area (TPSA) is 35.5 Å². The van der Waals surface area contributed by atoms with Crippen LogP contribution in [0.1, 0.15) is 64.7 Å². The van der Waals surface area contributed by atoms with Crippen LogP contribution >= 0.6 is 0 Å². The molecule has 0 unspecified atom stereocenters. The third kappa shape index (κ3) is 5.17. The minimum atomic E-state index is -0.395. The molecular formula is C17H26O3. The van der Waals surface area contributed by atoms with Crippen LogP contribution in [-0.2, 0) is 14.3 Å². The summed E-state index contributed by atoms with van der Waals surface area (Å²) in [7, 11) is 0. The predicted molar refractivity (Wildman–Crippen MR) is 78.1 cm³/mol. The fraction of sp³-hybridized carbons (Fsp3) is 0.824. The van der Waals surface area contributed by atoms with E-state index in [0.29, 0.717) is 24.7 Å². The fourth-order valence-corrected chi connectivity index (χ4v) is 3.14. The molecule has 0 bridgehead atoms. The maximum absolute atomic E-state index is 11.2. The molecule has 0 aliphatic heterocycles. The van der Waals surface area contributed by atoms with Crippen LogP contribution in [0.25, 0.3) is 0 Å². The van der Waals surface area contributed by atoms with Crippen molar-refractivity contribution in [1.82, 2.24) is 0 Å². The van der Waals surface area contributed by atoms with Crippen LogP contribution < -0.4 is 0 Å². The average molecular weight is 278 g/mol. The summed E-state index contributed by atoms with van der Waals surface area (Å²) in [5, 5.41) is 0. The van der Waals surface area contributed by atoms with Crippen molar-refractivity contribution in [2.75, 3.05) is 6.61 Å². The highest BCUT2D eigenvalue weighted by Gasteiger charge is 2.24. The van der Waals surface area contributed by atoms with Crippen molar-refractivity contribution in [2.24, 2.45) is 5.92 Å². The van der Waals surface area contributed by atoms with Crippen LogP contribution in [0.15, 0.2) is 0 Å². The molecule has 0 aromatic heterocycles. The van der Waals surface area contributed by atoms with Crippen LogP contribution in [0.4, 0.5) is 0 Å². The first-order valence-corrected chi connectivity index (χ1v) is 8.11. The lowest BCUT2D eigenvalue weighted by atomic mass is 9.87. The lowest BCUT2D eigenvalue weighted by molar-refractivity contribution is -0.136. The van der Waals surface area contributed by atoms with Gasteiger partial charge in [0, 0.05) is 11.8 Å². The lowest BCUT2D eigenvalue weighted by Gasteiger charge is -2.31. The molecule has 2 rings (SSSR count). The van der Waals surface area contributed by atoms with E-state index >= 15 is 0 Å². The van der Waals surface area contributed by atoms with Crippen molar-refractivity contribution in [1.29, 1.82) is 0 Å². The lowest BCUT2D eigenvalue weighted by Crippen LogP contribution is -2.28. The largest absolute Gasteiger partial charge is 0.456 e. The van der Waals surface area contributed by atoms with Gasteiger partial charge in [0.1, 0.15) is 0 Å². The van der Waals surface area contributed by atoms with Crippen molar-refractivity contribution >= 4 is 5.97 Å². The molecule has 20 heavy (non-hydrogen) atoms. The second-order valence-corrected chi connectivity index (χ2v) is 5.86. The quantitative estimate of drug-likeness (QED) is 0.450. The molecule has 0 radical (unpaired) electrons. The van der Waals surface area contributed by atoms with Crippen LogP contribution in [0.2, 0.25) is 0 Å². The van der Waals surface area contributed by atoms with Gasteiger partial charge in [0.2, 0.25) is 0 Å². The van der Waals surface area contributed by atoms with Crippen molar-refractivity contribution in [2.45, 2.75) is 76.9 Å². The van der Waals surface area contributed by atoms with Crippen molar-refractivity contribution in [3.63, 3.8) is 0 Å². The molecule has 2 saturated carbocycles. The monoisotopic (exact) mass is 278 g/mol.